The van der Waals surface area contributed by atoms with Crippen LogP contribution in [0.4, 0.5) is 0 Å². The van der Waals surface area contributed by atoms with Crippen molar-refractivity contribution in [1.29, 1.82) is 0 Å². The number of rotatable bonds is 6. The molecule has 0 saturated heterocycles. The largest absolute Gasteiger partial charge is 0.289 e. The Kier molecular flexibility index (Phi) is 8.62. The Balaban J connectivity index is 1.12. The number of hydrogen-bond donors (Lipinski definition) is 0. The van der Waals surface area contributed by atoms with Crippen molar-refractivity contribution in [3.8, 4) is 77.9 Å². The molecule has 0 radical (unpaired) electrons. The van der Waals surface area contributed by atoms with Crippen molar-refractivity contribution in [1.82, 2.24) is 0 Å². The topological polar surface area (TPSA) is 17.1 Å². The lowest BCUT2D eigenvalue weighted by Gasteiger charge is -2.40. The summed E-state index contributed by atoms with van der Waals surface area (Å²) < 4.78 is 0. The lowest BCUT2D eigenvalue weighted by Crippen LogP contribution is -2.36. The first-order chi connectivity index (χ1) is 31.1. The van der Waals surface area contributed by atoms with E-state index >= 15 is 4.79 Å². The summed E-state index contributed by atoms with van der Waals surface area (Å²) in [5.41, 5.74) is 21.1. The molecule has 0 aromatic heterocycles. The SMILES string of the molecule is O=C1c2ccc(-c3cc(-c4ccccc4)cc(-c4ccccc4)c3)cc2C2(c3cc(-c4cc(-c5ccccc5)cc(-c5ccccc5)c4)ccc31)c1ccccc1-c1ccccc12. The second-order valence-electron chi connectivity index (χ2n) is 16.8. The molecule has 10 aromatic carbocycles. The molecule has 0 aliphatic heterocycles. The van der Waals surface area contributed by atoms with Crippen LogP contribution in [0.25, 0.3) is 77.9 Å². The van der Waals surface area contributed by atoms with E-state index in [2.05, 4.69) is 243 Å². The van der Waals surface area contributed by atoms with Gasteiger partial charge < -0.3 is 0 Å². The predicted octanol–water partition coefficient (Wildman–Crippen LogP) is 15.6. The van der Waals surface area contributed by atoms with Crippen molar-refractivity contribution in [2.45, 2.75) is 5.41 Å². The lowest BCUT2D eigenvalue weighted by atomic mass is 9.60. The quantitative estimate of drug-likeness (QED) is 0.164. The van der Waals surface area contributed by atoms with E-state index in [4.69, 9.17) is 0 Å². The van der Waals surface area contributed by atoms with Crippen LogP contribution < -0.4 is 0 Å². The van der Waals surface area contributed by atoms with E-state index in [1.807, 2.05) is 0 Å². The number of fused-ring (bicyclic) bond motifs is 9. The van der Waals surface area contributed by atoms with Gasteiger partial charge in [-0.1, -0.05) is 194 Å². The van der Waals surface area contributed by atoms with Gasteiger partial charge in [-0.05, 0) is 149 Å². The van der Waals surface area contributed by atoms with Crippen molar-refractivity contribution in [2.24, 2.45) is 0 Å². The fourth-order valence-corrected chi connectivity index (χ4v) is 10.3. The predicted molar refractivity (Wildman–Crippen MR) is 260 cm³/mol. The first kappa shape index (κ1) is 36.7. The summed E-state index contributed by atoms with van der Waals surface area (Å²) in [6.07, 6.45) is 0. The third-order valence-electron chi connectivity index (χ3n) is 13.2. The molecule has 2 aliphatic carbocycles. The first-order valence-corrected chi connectivity index (χ1v) is 21.7. The molecule has 1 spiro atoms. The Morgan fingerprint density at radius 1 is 0.206 bits per heavy atom. The molecular formula is C62H40O. The van der Waals surface area contributed by atoms with Gasteiger partial charge in [-0.3, -0.25) is 4.79 Å². The van der Waals surface area contributed by atoms with Crippen LogP contribution in [0.2, 0.25) is 0 Å². The number of carbonyl (C=O) groups excluding carboxylic acids is 1. The van der Waals surface area contributed by atoms with Crippen molar-refractivity contribution in [3.63, 3.8) is 0 Å². The van der Waals surface area contributed by atoms with Gasteiger partial charge in [-0.2, -0.15) is 0 Å². The van der Waals surface area contributed by atoms with Crippen LogP contribution in [0, 0.1) is 0 Å². The normalized spacial score (nSPS) is 12.9. The smallest absolute Gasteiger partial charge is 0.193 e. The van der Waals surface area contributed by atoms with Crippen LogP contribution in [-0.2, 0) is 5.41 Å². The zero-order valence-corrected chi connectivity index (χ0v) is 34.5. The molecule has 12 rings (SSSR count). The molecule has 0 heterocycles. The van der Waals surface area contributed by atoms with Crippen molar-refractivity contribution < 1.29 is 4.79 Å². The van der Waals surface area contributed by atoms with Crippen molar-refractivity contribution >= 4 is 5.78 Å². The van der Waals surface area contributed by atoms with Crippen LogP contribution >= 0.6 is 0 Å². The molecule has 10 aromatic rings. The summed E-state index contributed by atoms with van der Waals surface area (Å²) in [5.74, 6) is 0.0524. The van der Waals surface area contributed by atoms with E-state index < -0.39 is 5.41 Å². The molecule has 0 bridgehead atoms. The van der Waals surface area contributed by atoms with Crippen LogP contribution in [-0.4, -0.2) is 5.78 Å². The van der Waals surface area contributed by atoms with E-state index in [1.54, 1.807) is 0 Å². The Morgan fingerprint density at radius 2 is 0.492 bits per heavy atom. The molecule has 1 nitrogen and oxygen atoms in total. The third-order valence-corrected chi connectivity index (χ3v) is 13.2. The molecule has 2 aliphatic rings. The summed E-state index contributed by atoms with van der Waals surface area (Å²) in [4.78, 5) is 15.1. The van der Waals surface area contributed by atoms with Gasteiger partial charge in [0.25, 0.3) is 0 Å². The third kappa shape index (κ3) is 5.97. The van der Waals surface area contributed by atoms with E-state index in [1.165, 1.54) is 22.3 Å². The van der Waals surface area contributed by atoms with Gasteiger partial charge in [0.2, 0.25) is 0 Å². The van der Waals surface area contributed by atoms with Crippen LogP contribution in [0.1, 0.15) is 38.2 Å². The molecule has 0 N–H and O–H groups in total. The zero-order valence-electron chi connectivity index (χ0n) is 34.5. The first-order valence-electron chi connectivity index (χ1n) is 21.7. The maximum Gasteiger partial charge on any atom is 0.193 e. The van der Waals surface area contributed by atoms with Gasteiger partial charge in [0, 0.05) is 11.1 Å². The van der Waals surface area contributed by atoms with Gasteiger partial charge in [-0.15, -0.1) is 0 Å². The van der Waals surface area contributed by atoms with Gasteiger partial charge >= 0.3 is 0 Å². The fraction of sp³-hybridized carbons (Fsp3) is 0.0161. The molecule has 0 atom stereocenters. The number of hydrogen-bond acceptors (Lipinski definition) is 1. The molecule has 0 fully saturated rings. The molecule has 294 valence electrons. The lowest BCUT2D eigenvalue weighted by molar-refractivity contribution is 0.103. The Labute approximate surface area is 368 Å². The maximum absolute atomic E-state index is 15.1. The van der Waals surface area contributed by atoms with E-state index in [0.717, 1.165) is 89.0 Å². The Bertz CT molecular complexity index is 3040. The minimum Gasteiger partial charge on any atom is -0.289 e. The van der Waals surface area contributed by atoms with Gasteiger partial charge in [0.1, 0.15) is 0 Å². The van der Waals surface area contributed by atoms with Gasteiger partial charge in [0.15, 0.2) is 5.78 Å². The highest BCUT2D eigenvalue weighted by Crippen LogP contribution is 2.60. The van der Waals surface area contributed by atoms with Gasteiger partial charge in [0.05, 0.1) is 5.41 Å². The molecule has 0 amide bonds. The second kappa shape index (κ2) is 14.8. The number of carbonyl (C=O) groups is 1. The van der Waals surface area contributed by atoms with Crippen LogP contribution in [0.5, 0.6) is 0 Å². The zero-order chi connectivity index (χ0) is 41.9. The number of benzene rings is 10. The minimum atomic E-state index is -0.754. The highest BCUT2D eigenvalue weighted by atomic mass is 16.1. The van der Waals surface area contributed by atoms with Crippen molar-refractivity contribution in [2.75, 3.05) is 0 Å². The van der Waals surface area contributed by atoms with E-state index in [0.29, 0.717) is 0 Å². The monoisotopic (exact) mass is 800 g/mol. The average molecular weight is 801 g/mol. The molecule has 0 unspecified atom stereocenters. The molecule has 1 heteroatoms. The summed E-state index contributed by atoms with van der Waals surface area (Å²) in [7, 11) is 0. The Morgan fingerprint density at radius 3 is 0.825 bits per heavy atom. The highest BCUT2D eigenvalue weighted by Gasteiger charge is 2.51. The van der Waals surface area contributed by atoms with Crippen LogP contribution in [0.3, 0.4) is 0 Å². The molecule has 63 heavy (non-hydrogen) atoms. The van der Waals surface area contributed by atoms with Crippen molar-refractivity contribution in [3.05, 3.63) is 276 Å². The number of ketones is 1. The summed E-state index contributed by atoms with van der Waals surface area (Å²) in [5, 5.41) is 0. The summed E-state index contributed by atoms with van der Waals surface area (Å²) in [6, 6.07) is 86.9. The highest BCUT2D eigenvalue weighted by molar-refractivity contribution is 6.15. The fourth-order valence-electron chi connectivity index (χ4n) is 10.3. The van der Waals surface area contributed by atoms with Crippen LogP contribution in [0.15, 0.2) is 243 Å². The van der Waals surface area contributed by atoms with E-state index in [-0.39, 0.29) is 5.78 Å². The average Bonchev–Trinajstić information content (AvgIpc) is 3.67. The maximum atomic E-state index is 15.1. The molecular weight excluding hydrogens is 761 g/mol. The van der Waals surface area contributed by atoms with Gasteiger partial charge in [-0.25, -0.2) is 0 Å². The molecule has 0 saturated carbocycles. The second-order valence-corrected chi connectivity index (χ2v) is 16.8. The standard InChI is InChI=1S/C62H40O/c63-61-55-31-29-45(51-35-47(41-17-5-1-6-18-41)33-48(36-51)42-19-7-2-8-20-42)39-59(55)62(57-27-15-13-25-53(57)54-26-14-16-28-58(54)62)60-40-46(30-32-56(60)61)52-37-49(43-21-9-3-10-22-43)34-50(38-52)44-23-11-4-12-24-44/h1-40H. The summed E-state index contributed by atoms with van der Waals surface area (Å²) in [6.45, 7) is 0. The van der Waals surface area contributed by atoms with E-state index in [9.17, 15) is 0 Å². The Hall–Kier alpha value is -8.13. The summed E-state index contributed by atoms with van der Waals surface area (Å²) >= 11 is 0. The minimum absolute atomic E-state index is 0.0524.